The fourth-order valence-corrected chi connectivity index (χ4v) is 4.67. The molecule has 0 aromatic rings. The van der Waals surface area contributed by atoms with Crippen molar-refractivity contribution in [2.45, 2.75) is 161 Å². The van der Waals surface area contributed by atoms with Gasteiger partial charge in [0.15, 0.2) is 6.10 Å². The maximum absolute atomic E-state index is 12.2. The number of phosphoric acid groups is 1. The third kappa shape index (κ3) is 28.1. The lowest BCUT2D eigenvalue weighted by Crippen LogP contribution is -2.29. The van der Waals surface area contributed by atoms with Crippen LogP contribution in [0.3, 0.4) is 0 Å². The molecule has 0 aliphatic rings. The van der Waals surface area contributed by atoms with Gasteiger partial charge in [0.1, 0.15) is 6.61 Å². The molecule has 0 saturated carbocycles. The highest BCUT2D eigenvalue weighted by molar-refractivity contribution is 7.46. The summed E-state index contributed by atoms with van der Waals surface area (Å²) in [5.74, 6) is -0.884. The van der Waals surface area contributed by atoms with Gasteiger partial charge < -0.3 is 19.3 Å². The predicted molar refractivity (Wildman–Crippen MR) is 152 cm³/mol. The van der Waals surface area contributed by atoms with E-state index in [-0.39, 0.29) is 19.4 Å². The van der Waals surface area contributed by atoms with Crippen molar-refractivity contribution < 1.29 is 37.9 Å². The largest absolute Gasteiger partial charge is 0.469 e. The highest BCUT2D eigenvalue weighted by Crippen LogP contribution is 2.35. The van der Waals surface area contributed by atoms with E-state index >= 15 is 0 Å². The molecule has 0 rings (SSSR count). The Hall–Kier alpha value is -0.950. The fraction of sp³-hybridized carbons (Fsp3) is 0.931. The second kappa shape index (κ2) is 26.3. The lowest BCUT2D eigenvalue weighted by Gasteiger charge is -2.18. The van der Waals surface area contributed by atoms with Crippen molar-refractivity contribution >= 4 is 19.8 Å². The molecule has 38 heavy (non-hydrogen) atoms. The van der Waals surface area contributed by atoms with Gasteiger partial charge in [-0.05, 0) is 12.8 Å². The maximum atomic E-state index is 12.2. The van der Waals surface area contributed by atoms with Crippen LogP contribution in [-0.4, -0.2) is 41.0 Å². The molecule has 8 nitrogen and oxygen atoms in total. The number of carbonyl (C=O) groups is 2. The molecule has 0 aliphatic heterocycles. The number of carbonyl (C=O) groups excluding carboxylic acids is 2. The SMILES string of the molecule is CCCCCCCCCCCCCC(=O)O[C@H](COC(=O)CCCCCCCCCCC)COP(=O)(O)O. The van der Waals surface area contributed by atoms with Gasteiger partial charge in [0.25, 0.3) is 0 Å². The Morgan fingerprint density at radius 3 is 1.34 bits per heavy atom. The topological polar surface area (TPSA) is 119 Å². The highest BCUT2D eigenvalue weighted by Gasteiger charge is 2.22. The van der Waals surface area contributed by atoms with E-state index in [1.165, 1.54) is 83.5 Å². The van der Waals surface area contributed by atoms with Crippen molar-refractivity contribution in [2.75, 3.05) is 13.2 Å². The maximum Gasteiger partial charge on any atom is 0.469 e. The summed E-state index contributed by atoms with van der Waals surface area (Å²) in [4.78, 5) is 42.3. The van der Waals surface area contributed by atoms with E-state index in [1.54, 1.807) is 0 Å². The third-order valence-electron chi connectivity index (χ3n) is 6.63. The van der Waals surface area contributed by atoms with Crippen LogP contribution in [0, 0.1) is 0 Å². The number of rotatable bonds is 28. The van der Waals surface area contributed by atoms with Gasteiger partial charge in [0.05, 0.1) is 6.61 Å². The summed E-state index contributed by atoms with van der Waals surface area (Å²) in [6, 6.07) is 0. The minimum Gasteiger partial charge on any atom is -0.462 e. The monoisotopic (exact) mass is 564 g/mol. The molecule has 226 valence electrons. The molecule has 0 aromatic heterocycles. The molecule has 0 aliphatic carbocycles. The van der Waals surface area contributed by atoms with Gasteiger partial charge in [-0.1, -0.05) is 129 Å². The zero-order chi connectivity index (χ0) is 28.3. The van der Waals surface area contributed by atoms with E-state index in [0.29, 0.717) is 6.42 Å². The quantitative estimate of drug-likeness (QED) is 0.0555. The van der Waals surface area contributed by atoms with Gasteiger partial charge in [-0.15, -0.1) is 0 Å². The Kier molecular flexibility index (Phi) is 25.6. The van der Waals surface area contributed by atoms with Gasteiger partial charge in [-0.25, -0.2) is 4.57 Å². The first-order chi connectivity index (χ1) is 18.3. The minimum atomic E-state index is -4.73. The predicted octanol–water partition coefficient (Wildman–Crippen LogP) is 8.17. The average Bonchev–Trinajstić information content (AvgIpc) is 2.87. The molecule has 0 heterocycles. The first kappa shape index (κ1) is 37.0. The van der Waals surface area contributed by atoms with Crippen molar-refractivity contribution in [1.82, 2.24) is 0 Å². The number of esters is 2. The van der Waals surface area contributed by atoms with Gasteiger partial charge >= 0.3 is 19.8 Å². The number of unbranched alkanes of at least 4 members (excludes halogenated alkanes) is 18. The summed E-state index contributed by atoms with van der Waals surface area (Å²) in [6.45, 7) is 3.62. The molecule has 0 aromatic carbocycles. The molecule has 2 N–H and O–H groups in total. The lowest BCUT2D eigenvalue weighted by molar-refractivity contribution is -0.161. The summed E-state index contributed by atoms with van der Waals surface area (Å²) in [7, 11) is -4.73. The Labute approximate surface area is 232 Å². The fourth-order valence-electron chi connectivity index (χ4n) is 4.31. The van der Waals surface area contributed by atoms with Crippen molar-refractivity contribution in [1.29, 1.82) is 0 Å². The first-order valence-electron chi connectivity index (χ1n) is 15.3. The molecule has 0 bridgehead atoms. The van der Waals surface area contributed by atoms with Crippen molar-refractivity contribution in [3.63, 3.8) is 0 Å². The smallest absolute Gasteiger partial charge is 0.462 e. The van der Waals surface area contributed by atoms with Crippen LogP contribution in [0.5, 0.6) is 0 Å². The molecule has 0 amide bonds. The van der Waals surface area contributed by atoms with Crippen LogP contribution in [-0.2, 0) is 28.2 Å². The third-order valence-corrected chi connectivity index (χ3v) is 7.11. The van der Waals surface area contributed by atoms with Crippen molar-refractivity contribution in [3.8, 4) is 0 Å². The Morgan fingerprint density at radius 1 is 0.579 bits per heavy atom. The standard InChI is InChI=1S/C29H57O8P/c1-3-5-7-9-11-13-14-16-18-20-22-24-29(31)37-27(26-36-38(32,33)34)25-35-28(30)23-21-19-17-15-12-10-8-6-4-2/h27H,3-26H2,1-2H3,(H2,32,33,34)/t27-/m1/s1. The van der Waals surface area contributed by atoms with E-state index in [9.17, 15) is 14.2 Å². The molecule has 0 unspecified atom stereocenters. The molecular formula is C29H57O8P. The summed E-state index contributed by atoms with van der Waals surface area (Å²) in [5.41, 5.74) is 0. The number of phosphoric ester groups is 1. The van der Waals surface area contributed by atoms with Gasteiger partial charge in [0.2, 0.25) is 0 Å². The summed E-state index contributed by atoms with van der Waals surface area (Å²) >= 11 is 0. The van der Waals surface area contributed by atoms with E-state index in [0.717, 1.165) is 38.5 Å². The first-order valence-corrected chi connectivity index (χ1v) is 16.9. The summed E-state index contributed by atoms with van der Waals surface area (Å²) < 4.78 is 26.1. The molecule has 0 radical (unpaired) electrons. The average molecular weight is 565 g/mol. The van der Waals surface area contributed by atoms with Gasteiger partial charge in [-0.2, -0.15) is 0 Å². The van der Waals surface area contributed by atoms with Gasteiger partial charge in [0, 0.05) is 12.8 Å². The number of hydrogen-bond donors (Lipinski definition) is 2. The van der Waals surface area contributed by atoms with E-state index < -0.39 is 32.5 Å². The molecule has 0 fully saturated rings. The van der Waals surface area contributed by atoms with E-state index in [1.807, 2.05) is 0 Å². The van der Waals surface area contributed by atoms with Crippen LogP contribution in [0.2, 0.25) is 0 Å². The second-order valence-electron chi connectivity index (χ2n) is 10.4. The molecule has 0 saturated heterocycles. The van der Waals surface area contributed by atoms with Crippen LogP contribution >= 0.6 is 7.82 Å². The molecule has 0 spiro atoms. The highest BCUT2D eigenvalue weighted by atomic mass is 31.2. The van der Waals surface area contributed by atoms with Crippen LogP contribution in [0.15, 0.2) is 0 Å². The second-order valence-corrected chi connectivity index (χ2v) is 11.7. The van der Waals surface area contributed by atoms with Crippen LogP contribution < -0.4 is 0 Å². The minimum absolute atomic E-state index is 0.218. The Morgan fingerprint density at radius 2 is 0.947 bits per heavy atom. The summed E-state index contributed by atoms with van der Waals surface area (Å²) in [5, 5.41) is 0. The summed E-state index contributed by atoms with van der Waals surface area (Å²) in [6.07, 6.45) is 22.6. The Balaban J connectivity index is 4.04. The van der Waals surface area contributed by atoms with Crippen LogP contribution in [0.25, 0.3) is 0 Å². The Bertz CT molecular complexity index is 607. The molecular weight excluding hydrogens is 507 g/mol. The van der Waals surface area contributed by atoms with Crippen molar-refractivity contribution in [2.24, 2.45) is 0 Å². The van der Waals surface area contributed by atoms with Crippen LogP contribution in [0.4, 0.5) is 0 Å². The molecule has 9 heteroatoms. The van der Waals surface area contributed by atoms with E-state index in [2.05, 4.69) is 18.4 Å². The zero-order valence-corrected chi connectivity index (χ0v) is 25.2. The van der Waals surface area contributed by atoms with Crippen LogP contribution in [0.1, 0.15) is 155 Å². The van der Waals surface area contributed by atoms with Crippen molar-refractivity contribution in [3.05, 3.63) is 0 Å². The molecule has 1 atom stereocenters. The lowest BCUT2D eigenvalue weighted by atomic mass is 10.1. The zero-order valence-electron chi connectivity index (χ0n) is 24.3. The van der Waals surface area contributed by atoms with E-state index in [4.69, 9.17) is 19.3 Å². The van der Waals surface area contributed by atoms with Gasteiger partial charge in [-0.3, -0.25) is 14.1 Å². The normalized spacial score (nSPS) is 12.4. The number of ether oxygens (including phenoxy) is 2. The number of hydrogen-bond acceptors (Lipinski definition) is 6.